The zero-order chi connectivity index (χ0) is 27.9. The first-order chi connectivity index (χ1) is 17.7. The van der Waals surface area contributed by atoms with Gasteiger partial charge in [0.2, 0.25) is 11.3 Å². The van der Waals surface area contributed by atoms with Crippen molar-refractivity contribution in [3.63, 3.8) is 0 Å². The van der Waals surface area contributed by atoms with Gasteiger partial charge < -0.3 is 10.4 Å². The maximum atomic E-state index is 14.9. The Labute approximate surface area is 215 Å². The summed E-state index contributed by atoms with van der Waals surface area (Å²) >= 11 is 6.09. The molecule has 0 radical (unpaired) electrons. The van der Waals surface area contributed by atoms with Crippen LogP contribution in [0.15, 0.2) is 35.3 Å². The van der Waals surface area contributed by atoms with Crippen LogP contribution in [-0.2, 0) is 9.53 Å². The molecule has 2 amide bonds. The molecule has 4 rings (SSSR count). The minimum Gasteiger partial charge on any atom is -0.391 e. The number of nitrogens with one attached hydrogen (secondary N) is 1. The Hall–Kier alpha value is -3.62. The van der Waals surface area contributed by atoms with E-state index in [9.17, 15) is 41.4 Å². The maximum Gasteiger partial charge on any atom is 0.522 e. The lowest BCUT2D eigenvalue weighted by Crippen LogP contribution is -2.39. The van der Waals surface area contributed by atoms with Gasteiger partial charge in [0.05, 0.1) is 42.1 Å². The number of aromatic nitrogens is 2. The Morgan fingerprint density at radius 3 is 2.61 bits per heavy atom. The smallest absolute Gasteiger partial charge is 0.391 e. The summed E-state index contributed by atoms with van der Waals surface area (Å²) < 4.78 is 70.3. The van der Waals surface area contributed by atoms with E-state index in [1.807, 2.05) is 0 Å². The fourth-order valence-corrected chi connectivity index (χ4v) is 4.20. The molecule has 1 fully saturated rings. The van der Waals surface area contributed by atoms with Crippen molar-refractivity contribution in [1.29, 1.82) is 0 Å². The van der Waals surface area contributed by atoms with E-state index in [4.69, 9.17) is 11.6 Å². The van der Waals surface area contributed by atoms with Crippen molar-refractivity contribution in [2.75, 3.05) is 18.1 Å². The Kier molecular flexibility index (Phi) is 7.41. The van der Waals surface area contributed by atoms with Crippen molar-refractivity contribution >= 4 is 40.3 Å². The summed E-state index contributed by atoms with van der Waals surface area (Å²) in [5.41, 5.74) is -2.28. The van der Waals surface area contributed by atoms with Crippen LogP contribution in [0.5, 0.6) is 0 Å². The minimum absolute atomic E-state index is 0.000894. The van der Waals surface area contributed by atoms with Gasteiger partial charge >= 0.3 is 6.36 Å². The monoisotopic (exact) mass is 560 g/mol. The van der Waals surface area contributed by atoms with Crippen molar-refractivity contribution in [2.45, 2.75) is 31.9 Å². The number of aliphatic hydroxyl groups excluding tert-OH is 1. The number of benzene rings is 1. The van der Waals surface area contributed by atoms with Crippen molar-refractivity contribution in [1.82, 2.24) is 14.9 Å². The minimum atomic E-state index is -4.94. The van der Waals surface area contributed by atoms with Crippen molar-refractivity contribution in [3.8, 4) is 5.69 Å². The summed E-state index contributed by atoms with van der Waals surface area (Å²) in [6.07, 6.45) is -5.21. The number of amides is 2. The van der Waals surface area contributed by atoms with Crippen LogP contribution in [0, 0.1) is 11.6 Å². The van der Waals surface area contributed by atoms with E-state index < -0.39 is 70.3 Å². The number of nitrogens with zero attached hydrogens (tertiary/aromatic N) is 3. The number of fused-ring (bicyclic) bond motifs is 1. The zero-order valence-corrected chi connectivity index (χ0v) is 20.1. The molecule has 2 N–H and O–H groups in total. The van der Waals surface area contributed by atoms with E-state index in [0.717, 1.165) is 21.7 Å². The molecule has 0 aliphatic carbocycles. The zero-order valence-electron chi connectivity index (χ0n) is 19.4. The Bertz CT molecular complexity index is 1470. The van der Waals surface area contributed by atoms with Crippen LogP contribution in [0.2, 0.25) is 5.02 Å². The topological polar surface area (TPSA) is 114 Å². The second-order valence-electron chi connectivity index (χ2n) is 8.49. The average molecular weight is 561 g/mol. The van der Waals surface area contributed by atoms with Gasteiger partial charge in [-0.15, -0.1) is 13.2 Å². The summed E-state index contributed by atoms with van der Waals surface area (Å²) in [5.74, 6) is -3.76. The van der Waals surface area contributed by atoms with Crippen LogP contribution in [0.4, 0.5) is 27.8 Å². The normalized spacial score (nSPS) is 16.8. The number of rotatable bonds is 6. The molecule has 2 atom stereocenters. The first-order valence-electron chi connectivity index (χ1n) is 11.0. The molecule has 1 aliphatic rings. The summed E-state index contributed by atoms with van der Waals surface area (Å²) in [7, 11) is 0. The molecule has 15 heteroatoms. The van der Waals surface area contributed by atoms with Gasteiger partial charge in [0, 0.05) is 12.3 Å². The third-order valence-corrected chi connectivity index (χ3v) is 5.85. The van der Waals surface area contributed by atoms with E-state index in [2.05, 4.69) is 15.0 Å². The fourth-order valence-electron chi connectivity index (χ4n) is 3.91. The average Bonchev–Trinajstić information content (AvgIpc) is 3.15. The first kappa shape index (κ1) is 27.4. The largest absolute Gasteiger partial charge is 0.522 e. The van der Waals surface area contributed by atoms with Crippen LogP contribution in [0.25, 0.3) is 16.7 Å². The lowest BCUT2D eigenvalue weighted by atomic mass is 10.1. The highest BCUT2D eigenvalue weighted by Crippen LogP contribution is 2.29. The van der Waals surface area contributed by atoms with Gasteiger partial charge in [0.25, 0.3) is 5.91 Å². The molecule has 1 saturated heterocycles. The summed E-state index contributed by atoms with van der Waals surface area (Å²) in [6, 6.07) is 2.58. The first-order valence-corrected chi connectivity index (χ1v) is 11.3. The molecule has 0 unspecified atom stereocenters. The molecule has 0 spiro atoms. The van der Waals surface area contributed by atoms with E-state index in [1.54, 1.807) is 0 Å². The van der Waals surface area contributed by atoms with E-state index in [0.29, 0.717) is 6.07 Å². The van der Waals surface area contributed by atoms with Gasteiger partial charge in [0.1, 0.15) is 22.9 Å². The predicted molar refractivity (Wildman–Crippen MR) is 124 cm³/mol. The van der Waals surface area contributed by atoms with Gasteiger partial charge in [-0.25, -0.2) is 13.8 Å². The molecular formula is C23H18ClF5N4O5. The number of carbonyl (C=O) groups is 2. The number of carbonyl (C=O) groups excluding carboxylic acids is 2. The van der Waals surface area contributed by atoms with Gasteiger partial charge in [-0.3, -0.25) is 28.6 Å². The van der Waals surface area contributed by atoms with Crippen LogP contribution in [0.1, 0.15) is 23.7 Å². The SMILES string of the molecule is C[C@@H](COC(F)(F)F)NC(=O)c1cn(-c2c(F)cc(F)cc2Cl)c2nc(N3C[C@@H](O)CC3=O)ccc2c1=O. The molecule has 3 heterocycles. The van der Waals surface area contributed by atoms with Crippen LogP contribution in [0.3, 0.4) is 0 Å². The molecule has 0 bridgehead atoms. The third-order valence-electron chi connectivity index (χ3n) is 5.56. The number of β-amino-alcohol motifs (C(OH)–C–C–N with tert-alkyl or cyclic N) is 1. The molecule has 38 heavy (non-hydrogen) atoms. The number of ether oxygens (including phenoxy) is 1. The summed E-state index contributed by atoms with van der Waals surface area (Å²) in [4.78, 5) is 43.7. The molecular weight excluding hydrogens is 543 g/mol. The van der Waals surface area contributed by atoms with Crippen LogP contribution in [-0.4, -0.2) is 58.1 Å². The molecule has 0 saturated carbocycles. The number of anilines is 1. The van der Waals surface area contributed by atoms with Crippen molar-refractivity contribution in [3.05, 3.63) is 62.9 Å². The molecule has 1 aromatic carbocycles. The van der Waals surface area contributed by atoms with E-state index >= 15 is 0 Å². The Morgan fingerprint density at radius 1 is 1.29 bits per heavy atom. The lowest BCUT2D eigenvalue weighted by molar-refractivity contribution is -0.325. The standard InChI is InChI=1S/C23H18ClF5N4O5/c1-10(9-38-23(27,28)29)30-22(37)14-8-33(19-15(24)4-11(25)5-16(19)26)21-13(20(14)36)2-3-17(31-21)32-7-12(34)6-18(32)35/h2-5,8,10,12,34H,6-7,9H2,1H3,(H,30,37)/t10-,12-/m0/s1. The number of halogens is 6. The predicted octanol–water partition coefficient (Wildman–Crippen LogP) is 3.07. The number of hydrogen-bond donors (Lipinski definition) is 2. The van der Waals surface area contributed by atoms with Gasteiger partial charge in [-0.05, 0) is 25.1 Å². The number of alkyl halides is 3. The number of hydrogen-bond acceptors (Lipinski definition) is 6. The van der Waals surface area contributed by atoms with E-state index in [1.165, 1.54) is 19.1 Å². The fraction of sp³-hybridized carbons (Fsp3) is 0.304. The van der Waals surface area contributed by atoms with E-state index in [-0.39, 0.29) is 29.8 Å². The van der Waals surface area contributed by atoms with Gasteiger partial charge in [-0.1, -0.05) is 11.6 Å². The van der Waals surface area contributed by atoms with Crippen LogP contribution >= 0.6 is 11.6 Å². The maximum absolute atomic E-state index is 14.9. The Balaban J connectivity index is 1.86. The second-order valence-corrected chi connectivity index (χ2v) is 8.90. The molecule has 202 valence electrons. The second kappa shape index (κ2) is 10.3. The molecule has 1 aliphatic heterocycles. The molecule has 9 nitrogen and oxygen atoms in total. The highest BCUT2D eigenvalue weighted by Gasteiger charge is 2.32. The summed E-state index contributed by atoms with van der Waals surface area (Å²) in [5, 5.41) is 11.3. The third kappa shape index (κ3) is 5.61. The van der Waals surface area contributed by atoms with Gasteiger partial charge in [-0.2, -0.15) is 0 Å². The summed E-state index contributed by atoms with van der Waals surface area (Å²) in [6.45, 7) is 0.163. The molecule has 2 aromatic heterocycles. The lowest BCUT2D eigenvalue weighted by Gasteiger charge is -2.19. The quantitative estimate of drug-likeness (QED) is 0.448. The Morgan fingerprint density at radius 2 is 2.00 bits per heavy atom. The highest BCUT2D eigenvalue weighted by atomic mass is 35.5. The highest BCUT2D eigenvalue weighted by molar-refractivity contribution is 6.32. The molecule has 3 aromatic rings. The van der Waals surface area contributed by atoms with Gasteiger partial charge in [0.15, 0.2) is 11.5 Å². The number of aliphatic hydroxyl groups is 1. The number of pyridine rings is 2. The van der Waals surface area contributed by atoms with Crippen molar-refractivity contribution < 1.29 is 41.4 Å². The van der Waals surface area contributed by atoms with Crippen molar-refractivity contribution in [2.24, 2.45) is 0 Å². The van der Waals surface area contributed by atoms with Crippen LogP contribution < -0.4 is 15.6 Å².